The molecule has 0 radical (unpaired) electrons. The van der Waals surface area contributed by atoms with Gasteiger partial charge >= 0.3 is 11.9 Å². The highest BCUT2D eigenvalue weighted by Gasteiger charge is 2.28. The van der Waals surface area contributed by atoms with Gasteiger partial charge in [0.15, 0.2) is 5.76 Å². The summed E-state index contributed by atoms with van der Waals surface area (Å²) in [6.45, 7) is 11.0. The number of rotatable bonds is 15. The van der Waals surface area contributed by atoms with Crippen LogP contribution in [0.1, 0.15) is 85.7 Å². The fourth-order valence-corrected chi connectivity index (χ4v) is 5.34. The summed E-state index contributed by atoms with van der Waals surface area (Å²) in [6, 6.07) is 18.9. The molecule has 0 spiro atoms. The van der Waals surface area contributed by atoms with Crippen molar-refractivity contribution >= 4 is 23.6 Å². The van der Waals surface area contributed by atoms with Gasteiger partial charge in [0.1, 0.15) is 6.61 Å². The van der Waals surface area contributed by atoms with Crippen molar-refractivity contribution in [1.82, 2.24) is 9.88 Å². The fraction of sp³-hybridized carbons (Fsp3) is 0.432. The largest absolute Gasteiger partial charge is 0.463 e. The molecule has 1 aromatic heterocycles. The zero-order valence-electron chi connectivity index (χ0n) is 27.4. The van der Waals surface area contributed by atoms with E-state index in [-0.39, 0.29) is 24.5 Å². The van der Waals surface area contributed by atoms with E-state index in [1.807, 2.05) is 27.0 Å². The summed E-state index contributed by atoms with van der Waals surface area (Å²) in [6.07, 6.45) is 6.59. The highest BCUT2D eigenvalue weighted by Crippen LogP contribution is 2.27. The number of nitrogens with one attached hydrogen (secondary N) is 1. The minimum atomic E-state index is -0.717. The van der Waals surface area contributed by atoms with Crippen molar-refractivity contribution in [1.29, 1.82) is 0 Å². The number of nitrogens with zero attached hydrogens (tertiary/aromatic N) is 1. The monoisotopic (exact) mass is 600 g/mol. The molecule has 0 saturated carbocycles. The Bertz CT molecular complexity index is 1450. The van der Waals surface area contributed by atoms with E-state index in [1.165, 1.54) is 36.1 Å². The van der Waals surface area contributed by atoms with Crippen LogP contribution in [0.4, 0.5) is 0 Å². The molecule has 7 heteroatoms. The molecule has 1 N–H and O–H groups in total. The van der Waals surface area contributed by atoms with Gasteiger partial charge in [0.25, 0.3) is 0 Å². The molecule has 0 saturated heterocycles. The molecule has 3 aromatic rings. The van der Waals surface area contributed by atoms with Gasteiger partial charge in [0, 0.05) is 33.0 Å². The van der Waals surface area contributed by atoms with E-state index >= 15 is 0 Å². The molecule has 3 rings (SSSR count). The van der Waals surface area contributed by atoms with Crippen LogP contribution in [-0.4, -0.2) is 34.6 Å². The third kappa shape index (κ3) is 10.9. The van der Waals surface area contributed by atoms with E-state index < -0.39 is 5.54 Å². The molecule has 236 valence electrons. The first-order valence-corrected chi connectivity index (χ1v) is 15.4. The van der Waals surface area contributed by atoms with Crippen molar-refractivity contribution < 1.29 is 23.9 Å². The van der Waals surface area contributed by atoms with Crippen LogP contribution in [0.15, 0.2) is 60.7 Å². The summed E-state index contributed by atoms with van der Waals surface area (Å²) in [5.41, 5.74) is 7.09. The number of ether oxygens (including phenoxy) is 2. The zero-order chi connectivity index (χ0) is 32.3. The summed E-state index contributed by atoms with van der Waals surface area (Å²) in [5, 5.41) is 2.95. The Labute approximate surface area is 262 Å². The lowest BCUT2D eigenvalue weighted by atomic mass is 9.94. The van der Waals surface area contributed by atoms with E-state index in [4.69, 9.17) is 9.47 Å². The first-order valence-electron chi connectivity index (χ1n) is 15.4. The molecule has 1 atom stereocenters. The summed E-state index contributed by atoms with van der Waals surface area (Å²) in [7, 11) is 1.97. The van der Waals surface area contributed by atoms with Gasteiger partial charge in [-0.15, -0.1) is 0 Å². The second kappa shape index (κ2) is 16.1. The van der Waals surface area contributed by atoms with E-state index in [2.05, 4.69) is 78.3 Å². The van der Waals surface area contributed by atoms with Gasteiger partial charge in [-0.25, -0.2) is 0 Å². The van der Waals surface area contributed by atoms with Crippen molar-refractivity contribution in [2.45, 2.75) is 92.0 Å². The Hall–Kier alpha value is -4.13. The van der Waals surface area contributed by atoms with Gasteiger partial charge < -0.3 is 19.4 Å². The smallest absolute Gasteiger partial charge is 0.311 e. The summed E-state index contributed by atoms with van der Waals surface area (Å²) < 4.78 is 13.4. The molecule has 2 aromatic carbocycles. The van der Waals surface area contributed by atoms with E-state index in [9.17, 15) is 14.4 Å². The third-order valence-corrected chi connectivity index (χ3v) is 7.89. The molecular weight excluding hydrogens is 552 g/mol. The van der Waals surface area contributed by atoms with Crippen molar-refractivity contribution in [3.8, 4) is 0 Å². The highest BCUT2D eigenvalue weighted by atomic mass is 16.5. The van der Waals surface area contributed by atoms with E-state index in [1.54, 1.807) is 0 Å². The number of esters is 2. The number of benzene rings is 2. The molecule has 0 aliphatic rings. The lowest BCUT2D eigenvalue weighted by molar-refractivity contribution is -0.144. The average molecular weight is 601 g/mol. The Morgan fingerprint density at radius 2 is 1.48 bits per heavy atom. The minimum absolute atomic E-state index is 0.0859. The van der Waals surface area contributed by atoms with Gasteiger partial charge in [-0.05, 0) is 95.1 Å². The summed E-state index contributed by atoms with van der Waals surface area (Å²) in [4.78, 5) is 36.5. The summed E-state index contributed by atoms with van der Waals surface area (Å²) >= 11 is 0. The van der Waals surface area contributed by atoms with Gasteiger partial charge in [-0.1, -0.05) is 59.7 Å². The third-order valence-electron chi connectivity index (χ3n) is 7.89. The maximum atomic E-state index is 13.1. The van der Waals surface area contributed by atoms with Crippen LogP contribution in [-0.2, 0) is 50.2 Å². The topological polar surface area (TPSA) is 86.6 Å². The molecule has 0 fully saturated rings. The Morgan fingerprint density at radius 1 is 0.886 bits per heavy atom. The Morgan fingerprint density at radius 3 is 2.05 bits per heavy atom. The number of allylic oxidation sites excluding steroid dienone is 1. The van der Waals surface area contributed by atoms with Gasteiger partial charge in [-0.2, -0.15) is 0 Å². The van der Waals surface area contributed by atoms with Crippen molar-refractivity contribution in [3.05, 3.63) is 99.9 Å². The van der Waals surface area contributed by atoms with Gasteiger partial charge in [0.05, 0.1) is 11.2 Å². The number of carbonyl (C=O) groups excluding carboxylic acids is 3. The van der Waals surface area contributed by atoms with Crippen LogP contribution >= 0.6 is 0 Å². The summed E-state index contributed by atoms with van der Waals surface area (Å²) in [5.74, 6) is -0.269. The first kappa shape index (κ1) is 34.4. The Kier molecular flexibility index (Phi) is 12.6. The molecule has 1 amide bonds. The van der Waals surface area contributed by atoms with Gasteiger partial charge in [0.2, 0.25) is 5.91 Å². The number of carbonyl (C=O) groups is 3. The molecule has 0 unspecified atom stereocenters. The standard InChI is InChI=1S/C37H48N2O5/c1-26-14-18-31(19-15-26)10-8-12-35(44-36(42)13-9-11-32-20-16-27(2)17-21-32)34-24-28(3)33(39(34)7)22-23-37(6,38-29(4)40)25-43-30(5)41/h12,14-21,24H,8-11,13,22-23,25H2,1-7H3,(H,38,40)/t37-/m1/s1. The zero-order valence-corrected chi connectivity index (χ0v) is 27.4. The molecular formula is C37H48N2O5. The highest BCUT2D eigenvalue weighted by molar-refractivity contribution is 5.78. The average Bonchev–Trinajstić information content (AvgIpc) is 3.24. The normalized spacial score (nSPS) is 12.8. The lowest BCUT2D eigenvalue weighted by Crippen LogP contribution is -2.49. The van der Waals surface area contributed by atoms with Crippen molar-refractivity contribution in [2.24, 2.45) is 7.05 Å². The first-order chi connectivity index (χ1) is 20.8. The predicted molar refractivity (Wildman–Crippen MR) is 175 cm³/mol. The van der Waals surface area contributed by atoms with Crippen LogP contribution in [0.2, 0.25) is 0 Å². The number of amides is 1. The van der Waals surface area contributed by atoms with Crippen LogP contribution in [0.5, 0.6) is 0 Å². The predicted octanol–water partition coefficient (Wildman–Crippen LogP) is 6.88. The quantitative estimate of drug-likeness (QED) is 0.152. The lowest BCUT2D eigenvalue weighted by Gasteiger charge is -2.30. The van der Waals surface area contributed by atoms with Crippen LogP contribution in [0.25, 0.3) is 5.76 Å². The van der Waals surface area contributed by atoms with E-state index in [0.29, 0.717) is 31.4 Å². The van der Waals surface area contributed by atoms with Crippen LogP contribution in [0.3, 0.4) is 0 Å². The maximum absolute atomic E-state index is 13.1. The van der Waals surface area contributed by atoms with E-state index in [0.717, 1.165) is 36.2 Å². The number of hydrogen-bond donors (Lipinski definition) is 1. The molecule has 44 heavy (non-hydrogen) atoms. The molecule has 0 aliphatic heterocycles. The minimum Gasteiger partial charge on any atom is -0.463 e. The maximum Gasteiger partial charge on any atom is 0.311 e. The number of aromatic nitrogens is 1. The molecule has 0 aliphatic carbocycles. The second-order valence-electron chi connectivity index (χ2n) is 12.1. The number of hydrogen-bond acceptors (Lipinski definition) is 5. The SMILES string of the molecule is CC(=O)N[C@](C)(CCc1c(C)cc(C(=CCCc2ccc(C)cc2)OC(=O)CCCc2ccc(C)cc2)n1C)COC(C)=O. The molecule has 1 heterocycles. The molecule has 7 nitrogen and oxygen atoms in total. The Balaban J connectivity index is 1.78. The fourth-order valence-electron chi connectivity index (χ4n) is 5.34. The number of aryl methyl sites for hydroxylation is 5. The van der Waals surface area contributed by atoms with Gasteiger partial charge in [-0.3, -0.25) is 14.4 Å². The molecule has 0 bridgehead atoms. The van der Waals surface area contributed by atoms with Crippen molar-refractivity contribution in [2.75, 3.05) is 6.61 Å². The second-order valence-corrected chi connectivity index (χ2v) is 12.1. The van der Waals surface area contributed by atoms with Crippen molar-refractivity contribution in [3.63, 3.8) is 0 Å². The van der Waals surface area contributed by atoms with Crippen LogP contribution < -0.4 is 5.32 Å². The van der Waals surface area contributed by atoms with Crippen LogP contribution in [0, 0.1) is 20.8 Å².